The van der Waals surface area contributed by atoms with Crippen LogP contribution in [0.5, 0.6) is 0 Å². The van der Waals surface area contributed by atoms with E-state index in [0.717, 1.165) is 4.90 Å². The Bertz CT molecular complexity index is 1400. The van der Waals surface area contributed by atoms with Crippen LogP contribution in [0, 0.1) is 0 Å². The molecule has 190 valence electrons. The van der Waals surface area contributed by atoms with Gasteiger partial charge in [0.15, 0.2) is 0 Å². The molecule has 2 aliphatic heterocycles. The topological polar surface area (TPSA) is 133 Å². The second-order valence-electron chi connectivity index (χ2n) is 8.58. The third kappa shape index (κ3) is 4.93. The molecule has 0 aliphatic carbocycles. The van der Waals surface area contributed by atoms with E-state index >= 15 is 0 Å². The molecule has 11 nitrogen and oxygen atoms in total. The molecule has 0 unspecified atom stereocenters. The smallest absolute Gasteiger partial charge is 0.261 e. The number of rotatable bonds is 7. The summed E-state index contributed by atoms with van der Waals surface area (Å²) in [5.41, 5.74) is 1.08. The molecule has 2 aromatic carbocycles. The number of anilines is 2. The standard InChI is InChI=1S/C25H24N6O5S/c32-23(9-12-31-24(33)20-3-1-2-4-21(20)25(31)34)28-18-5-7-19(8-6-18)37(35,36)30-15-13-29(14-16-30)22-17-26-10-11-27-22/h1-8,10-11,17H,9,12-16H2,(H,28,32). The van der Waals surface area contributed by atoms with Gasteiger partial charge in [-0.05, 0) is 36.4 Å². The third-order valence-corrected chi connectivity index (χ3v) is 8.24. The van der Waals surface area contributed by atoms with Gasteiger partial charge in [0.1, 0.15) is 5.82 Å². The Morgan fingerprint density at radius 2 is 1.54 bits per heavy atom. The minimum atomic E-state index is -3.70. The van der Waals surface area contributed by atoms with Crippen LogP contribution in [0.25, 0.3) is 0 Å². The molecule has 1 aromatic heterocycles. The van der Waals surface area contributed by atoms with Gasteiger partial charge in [0, 0.05) is 57.2 Å². The van der Waals surface area contributed by atoms with E-state index in [9.17, 15) is 22.8 Å². The highest BCUT2D eigenvalue weighted by Gasteiger charge is 2.35. The highest BCUT2D eigenvalue weighted by Crippen LogP contribution is 2.23. The van der Waals surface area contributed by atoms with Crippen LogP contribution in [-0.4, -0.2) is 78.0 Å². The van der Waals surface area contributed by atoms with Gasteiger partial charge in [0.2, 0.25) is 15.9 Å². The van der Waals surface area contributed by atoms with E-state index in [1.165, 1.54) is 28.6 Å². The van der Waals surface area contributed by atoms with Gasteiger partial charge in [-0.1, -0.05) is 12.1 Å². The summed E-state index contributed by atoms with van der Waals surface area (Å²) in [6.07, 6.45) is 4.76. The first-order chi connectivity index (χ1) is 17.8. The molecule has 2 aliphatic rings. The van der Waals surface area contributed by atoms with Gasteiger partial charge in [-0.3, -0.25) is 24.3 Å². The largest absolute Gasteiger partial charge is 0.353 e. The maximum Gasteiger partial charge on any atom is 0.261 e. The van der Waals surface area contributed by atoms with Crippen LogP contribution in [0.15, 0.2) is 72.0 Å². The van der Waals surface area contributed by atoms with Crippen LogP contribution in [-0.2, 0) is 14.8 Å². The molecule has 5 rings (SSSR count). The van der Waals surface area contributed by atoms with E-state index < -0.39 is 27.7 Å². The molecule has 1 fully saturated rings. The summed E-state index contributed by atoms with van der Waals surface area (Å²) in [5, 5.41) is 2.68. The number of carbonyl (C=O) groups is 3. The first kappa shape index (κ1) is 24.5. The molecular weight excluding hydrogens is 496 g/mol. The fourth-order valence-electron chi connectivity index (χ4n) is 4.35. The number of imide groups is 1. The highest BCUT2D eigenvalue weighted by atomic mass is 32.2. The zero-order chi connectivity index (χ0) is 26.0. The second-order valence-corrected chi connectivity index (χ2v) is 10.5. The van der Waals surface area contributed by atoms with Crippen molar-refractivity contribution >= 4 is 39.3 Å². The Labute approximate surface area is 213 Å². The average molecular weight is 521 g/mol. The Hall–Kier alpha value is -4.16. The van der Waals surface area contributed by atoms with Crippen molar-refractivity contribution in [3.63, 3.8) is 0 Å². The summed E-state index contributed by atoms with van der Waals surface area (Å²) in [7, 11) is -3.70. The molecule has 0 saturated carbocycles. The quantitative estimate of drug-likeness (QED) is 0.465. The lowest BCUT2D eigenvalue weighted by molar-refractivity contribution is -0.116. The van der Waals surface area contributed by atoms with Crippen LogP contribution >= 0.6 is 0 Å². The number of sulfonamides is 1. The highest BCUT2D eigenvalue weighted by molar-refractivity contribution is 7.89. The molecule has 0 bridgehead atoms. The summed E-state index contributed by atoms with van der Waals surface area (Å²) < 4.78 is 27.6. The second kappa shape index (κ2) is 10.1. The fourth-order valence-corrected chi connectivity index (χ4v) is 5.77. The van der Waals surface area contributed by atoms with E-state index in [1.807, 2.05) is 4.90 Å². The zero-order valence-electron chi connectivity index (χ0n) is 19.8. The number of hydrogen-bond donors (Lipinski definition) is 1. The molecule has 0 spiro atoms. The van der Waals surface area contributed by atoms with Crippen LogP contribution in [0.3, 0.4) is 0 Å². The van der Waals surface area contributed by atoms with Crippen LogP contribution in [0.1, 0.15) is 27.1 Å². The van der Waals surface area contributed by atoms with Crippen molar-refractivity contribution in [1.29, 1.82) is 0 Å². The van der Waals surface area contributed by atoms with Gasteiger partial charge in [-0.15, -0.1) is 0 Å². The van der Waals surface area contributed by atoms with Crippen molar-refractivity contribution in [3.05, 3.63) is 78.2 Å². The van der Waals surface area contributed by atoms with Crippen molar-refractivity contribution in [2.24, 2.45) is 0 Å². The molecule has 0 radical (unpaired) electrons. The van der Waals surface area contributed by atoms with Gasteiger partial charge >= 0.3 is 0 Å². The van der Waals surface area contributed by atoms with Crippen molar-refractivity contribution in [1.82, 2.24) is 19.2 Å². The van der Waals surface area contributed by atoms with Crippen molar-refractivity contribution in [2.45, 2.75) is 11.3 Å². The summed E-state index contributed by atoms with van der Waals surface area (Å²) in [6, 6.07) is 12.5. The number of fused-ring (bicyclic) bond motifs is 1. The summed E-state index contributed by atoms with van der Waals surface area (Å²) in [4.78, 5) is 48.8. The maximum absolute atomic E-state index is 13.1. The molecule has 12 heteroatoms. The van der Waals surface area contributed by atoms with E-state index in [0.29, 0.717) is 48.8 Å². The van der Waals surface area contributed by atoms with Crippen LogP contribution < -0.4 is 10.2 Å². The number of nitrogens with zero attached hydrogens (tertiary/aromatic N) is 5. The first-order valence-corrected chi connectivity index (χ1v) is 13.1. The van der Waals surface area contributed by atoms with Crippen molar-refractivity contribution in [3.8, 4) is 0 Å². The minimum absolute atomic E-state index is 0.0504. The van der Waals surface area contributed by atoms with Gasteiger partial charge in [-0.2, -0.15) is 4.31 Å². The maximum atomic E-state index is 13.1. The van der Waals surface area contributed by atoms with Crippen molar-refractivity contribution < 1.29 is 22.8 Å². The lowest BCUT2D eigenvalue weighted by Gasteiger charge is -2.34. The number of nitrogens with one attached hydrogen (secondary N) is 1. The number of carbonyl (C=O) groups excluding carboxylic acids is 3. The lowest BCUT2D eigenvalue weighted by Crippen LogP contribution is -2.48. The third-order valence-electron chi connectivity index (χ3n) is 6.33. The predicted octanol–water partition coefficient (Wildman–Crippen LogP) is 1.61. The zero-order valence-corrected chi connectivity index (χ0v) is 20.6. The molecular formula is C25H24N6O5S. The number of amides is 3. The van der Waals surface area contributed by atoms with Gasteiger partial charge in [-0.25, -0.2) is 13.4 Å². The summed E-state index contributed by atoms with van der Waals surface area (Å²) in [5.74, 6) is -0.518. The van der Waals surface area contributed by atoms with Gasteiger partial charge < -0.3 is 10.2 Å². The molecule has 0 atom stereocenters. The predicted molar refractivity (Wildman–Crippen MR) is 135 cm³/mol. The molecule has 1 saturated heterocycles. The molecule has 3 amide bonds. The monoisotopic (exact) mass is 520 g/mol. The minimum Gasteiger partial charge on any atom is -0.353 e. The van der Waals surface area contributed by atoms with E-state index in [-0.39, 0.29) is 17.9 Å². The molecule has 3 aromatic rings. The molecule has 37 heavy (non-hydrogen) atoms. The number of piperazine rings is 1. The Kier molecular flexibility index (Phi) is 6.68. The normalized spacial score (nSPS) is 16.1. The number of benzene rings is 2. The summed E-state index contributed by atoms with van der Waals surface area (Å²) >= 11 is 0. The Morgan fingerprint density at radius 3 is 2.14 bits per heavy atom. The van der Waals surface area contributed by atoms with Crippen molar-refractivity contribution in [2.75, 3.05) is 42.9 Å². The summed E-state index contributed by atoms with van der Waals surface area (Å²) in [6.45, 7) is 1.58. The Balaban J connectivity index is 1.15. The Morgan fingerprint density at radius 1 is 0.892 bits per heavy atom. The lowest BCUT2D eigenvalue weighted by atomic mass is 10.1. The van der Waals surface area contributed by atoms with Gasteiger partial charge in [0.25, 0.3) is 11.8 Å². The van der Waals surface area contributed by atoms with E-state index in [1.54, 1.807) is 42.9 Å². The van der Waals surface area contributed by atoms with Gasteiger partial charge in [0.05, 0.1) is 22.2 Å². The first-order valence-electron chi connectivity index (χ1n) is 11.7. The number of hydrogen-bond acceptors (Lipinski definition) is 8. The van der Waals surface area contributed by atoms with E-state index in [4.69, 9.17) is 0 Å². The SMILES string of the molecule is O=C(CCN1C(=O)c2ccccc2C1=O)Nc1ccc(S(=O)(=O)N2CCN(c3cnccn3)CC2)cc1. The molecule has 1 N–H and O–H groups in total. The number of aromatic nitrogens is 2. The van der Waals surface area contributed by atoms with E-state index in [2.05, 4.69) is 15.3 Å². The van der Waals surface area contributed by atoms with Crippen LogP contribution in [0.4, 0.5) is 11.5 Å². The molecule has 3 heterocycles. The van der Waals surface area contributed by atoms with Crippen LogP contribution in [0.2, 0.25) is 0 Å². The fraction of sp³-hybridized carbons (Fsp3) is 0.240. The average Bonchev–Trinajstić information content (AvgIpc) is 3.17.